The number of hydrogen-bond donors (Lipinski definition) is 2. The highest BCUT2D eigenvalue weighted by atomic mass is 19.1. The van der Waals surface area contributed by atoms with Crippen molar-refractivity contribution in [3.8, 4) is 0 Å². The van der Waals surface area contributed by atoms with E-state index in [1.165, 1.54) is 12.1 Å². The van der Waals surface area contributed by atoms with E-state index in [4.69, 9.17) is 0 Å². The molecule has 2 aromatic rings. The Morgan fingerprint density at radius 3 is 2.59 bits per heavy atom. The summed E-state index contributed by atoms with van der Waals surface area (Å²) in [7, 11) is 0. The molecule has 1 aliphatic rings. The Hall–Kier alpha value is -2.17. The minimum Gasteiger partial charge on any atom is -0.348 e. The molecule has 1 aromatic carbocycles. The zero-order valence-corrected chi connectivity index (χ0v) is 12.4. The molecule has 1 heterocycles. The Bertz CT molecular complexity index is 616. The van der Waals surface area contributed by atoms with Crippen molar-refractivity contribution in [2.75, 3.05) is 0 Å². The maximum absolute atomic E-state index is 13.2. The highest BCUT2D eigenvalue weighted by molar-refractivity contribution is 5.88. The van der Waals surface area contributed by atoms with Crippen LogP contribution >= 0.6 is 0 Å². The van der Waals surface area contributed by atoms with Crippen molar-refractivity contribution >= 4 is 5.91 Å². The minimum atomic E-state index is -0.543. The summed E-state index contributed by atoms with van der Waals surface area (Å²) in [6.07, 6.45) is 8.20. The standard InChI is InChI=1S/C17H20FN3O/c18-14-6-4-13(5-7-14)17(8-2-1-3-9-17)16(22)21-12-15-19-10-11-20-15/h4-7,10-11H,1-3,8-9,12H2,(H,19,20)(H,21,22). The molecule has 2 N–H and O–H groups in total. The van der Waals surface area contributed by atoms with Gasteiger partial charge in [-0.15, -0.1) is 0 Å². The summed E-state index contributed by atoms with van der Waals surface area (Å²) < 4.78 is 13.2. The second-order valence-corrected chi connectivity index (χ2v) is 5.87. The van der Waals surface area contributed by atoms with Crippen LogP contribution in [-0.2, 0) is 16.8 Å². The molecule has 0 spiro atoms. The smallest absolute Gasteiger partial charge is 0.231 e. The van der Waals surface area contributed by atoms with Gasteiger partial charge in [0, 0.05) is 12.4 Å². The van der Waals surface area contributed by atoms with Crippen molar-refractivity contribution in [3.63, 3.8) is 0 Å². The van der Waals surface area contributed by atoms with Crippen LogP contribution in [0.15, 0.2) is 36.7 Å². The summed E-state index contributed by atoms with van der Waals surface area (Å²) in [4.78, 5) is 20.0. The van der Waals surface area contributed by atoms with E-state index in [9.17, 15) is 9.18 Å². The molecule has 4 nitrogen and oxygen atoms in total. The maximum Gasteiger partial charge on any atom is 0.231 e. The first-order valence-electron chi connectivity index (χ1n) is 7.73. The molecule has 1 aliphatic carbocycles. The predicted octanol–water partition coefficient (Wildman–Crippen LogP) is 3.07. The van der Waals surface area contributed by atoms with Gasteiger partial charge in [-0.05, 0) is 30.5 Å². The Balaban J connectivity index is 1.81. The van der Waals surface area contributed by atoms with Gasteiger partial charge >= 0.3 is 0 Å². The van der Waals surface area contributed by atoms with Crippen molar-refractivity contribution in [1.29, 1.82) is 0 Å². The molecule has 0 unspecified atom stereocenters. The lowest BCUT2D eigenvalue weighted by Crippen LogP contribution is -2.45. The zero-order chi connectivity index (χ0) is 15.4. The molecule has 0 bridgehead atoms. The molecule has 0 saturated heterocycles. The third kappa shape index (κ3) is 2.89. The van der Waals surface area contributed by atoms with Gasteiger partial charge in [-0.25, -0.2) is 9.37 Å². The molecule has 3 rings (SSSR count). The van der Waals surface area contributed by atoms with E-state index in [0.29, 0.717) is 6.54 Å². The number of carbonyl (C=O) groups excluding carboxylic acids is 1. The van der Waals surface area contributed by atoms with Gasteiger partial charge in [-0.2, -0.15) is 0 Å². The molecule has 22 heavy (non-hydrogen) atoms. The number of hydrogen-bond acceptors (Lipinski definition) is 2. The summed E-state index contributed by atoms with van der Waals surface area (Å²) >= 11 is 0. The average molecular weight is 301 g/mol. The molecule has 1 amide bonds. The quantitative estimate of drug-likeness (QED) is 0.912. The number of benzene rings is 1. The van der Waals surface area contributed by atoms with E-state index < -0.39 is 5.41 Å². The number of H-pyrrole nitrogens is 1. The van der Waals surface area contributed by atoms with Crippen LogP contribution < -0.4 is 5.32 Å². The number of aromatic nitrogens is 2. The fraction of sp³-hybridized carbons (Fsp3) is 0.412. The number of carbonyl (C=O) groups is 1. The van der Waals surface area contributed by atoms with Crippen LogP contribution in [0.25, 0.3) is 0 Å². The van der Waals surface area contributed by atoms with Crippen LogP contribution in [0.3, 0.4) is 0 Å². The molecular weight excluding hydrogens is 281 g/mol. The molecule has 116 valence electrons. The monoisotopic (exact) mass is 301 g/mol. The van der Waals surface area contributed by atoms with Crippen LogP contribution in [-0.4, -0.2) is 15.9 Å². The summed E-state index contributed by atoms with van der Waals surface area (Å²) in [5.41, 5.74) is 0.365. The molecule has 0 radical (unpaired) electrons. The van der Waals surface area contributed by atoms with Crippen molar-refractivity contribution < 1.29 is 9.18 Å². The first-order chi connectivity index (χ1) is 10.7. The first-order valence-corrected chi connectivity index (χ1v) is 7.73. The van der Waals surface area contributed by atoms with Gasteiger partial charge < -0.3 is 10.3 Å². The highest BCUT2D eigenvalue weighted by Crippen LogP contribution is 2.39. The van der Waals surface area contributed by atoms with Gasteiger partial charge in [0.25, 0.3) is 0 Å². The fourth-order valence-corrected chi connectivity index (χ4v) is 3.30. The van der Waals surface area contributed by atoms with Crippen LogP contribution in [0.5, 0.6) is 0 Å². The van der Waals surface area contributed by atoms with Crippen LogP contribution in [0.4, 0.5) is 4.39 Å². The van der Waals surface area contributed by atoms with E-state index in [-0.39, 0.29) is 11.7 Å². The number of nitrogens with one attached hydrogen (secondary N) is 2. The van der Waals surface area contributed by atoms with E-state index in [1.54, 1.807) is 24.5 Å². The Kier molecular flexibility index (Phi) is 4.22. The number of nitrogens with zero attached hydrogens (tertiary/aromatic N) is 1. The molecule has 0 atom stereocenters. The fourth-order valence-electron chi connectivity index (χ4n) is 3.30. The normalized spacial score (nSPS) is 17.1. The lowest BCUT2D eigenvalue weighted by atomic mass is 9.68. The lowest BCUT2D eigenvalue weighted by molar-refractivity contribution is -0.128. The first kappa shape index (κ1) is 14.8. The van der Waals surface area contributed by atoms with Gasteiger partial charge in [0.2, 0.25) is 5.91 Å². The van der Waals surface area contributed by atoms with E-state index in [1.807, 2.05) is 0 Å². The Morgan fingerprint density at radius 1 is 1.23 bits per heavy atom. The van der Waals surface area contributed by atoms with E-state index >= 15 is 0 Å². The third-order valence-corrected chi connectivity index (χ3v) is 4.51. The molecule has 1 fully saturated rings. The molecular formula is C17H20FN3O. The molecule has 0 aliphatic heterocycles. The summed E-state index contributed by atoms with van der Waals surface area (Å²) in [5.74, 6) is 0.472. The van der Waals surface area contributed by atoms with Crippen LogP contribution in [0, 0.1) is 5.82 Å². The molecule has 1 saturated carbocycles. The number of rotatable bonds is 4. The SMILES string of the molecule is O=C(NCc1ncc[nH]1)C1(c2ccc(F)cc2)CCCCC1. The Morgan fingerprint density at radius 2 is 1.95 bits per heavy atom. The van der Waals surface area contributed by atoms with Gasteiger partial charge in [-0.1, -0.05) is 31.4 Å². The average Bonchev–Trinajstić information content (AvgIpc) is 3.07. The van der Waals surface area contributed by atoms with E-state index in [2.05, 4.69) is 15.3 Å². The number of aromatic amines is 1. The third-order valence-electron chi connectivity index (χ3n) is 4.51. The van der Waals surface area contributed by atoms with E-state index in [0.717, 1.165) is 43.5 Å². The summed E-state index contributed by atoms with van der Waals surface area (Å²) in [6, 6.07) is 6.36. The van der Waals surface area contributed by atoms with Gasteiger partial charge in [0.15, 0.2) is 0 Å². The largest absolute Gasteiger partial charge is 0.348 e. The highest BCUT2D eigenvalue weighted by Gasteiger charge is 2.40. The van der Waals surface area contributed by atoms with Gasteiger partial charge in [-0.3, -0.25) is 4.79 Å². The van der Waals surface area contributed by atoms with Gasteiger partial charge in [0.05, 0.1) is 12.0 Å². The topological polar surface area (TPSA) is 57.8 Å². The van der Waals surface area contributed by atoms with Crippen LogP contribution in [0.1, 0.15) is 43.5 Å². The molecule has 5 heteroatoms. The van der Waals surface area contributed by atoms with Crippen molar-refractivity contribution in [2.45, 2.75) is 44.1 Å². The predicted molar refractivity (Wildman–Crippen MR) is 81.6 cm³/mol. The zero-order valence-electron chi connectivity index (χ0n) is 12.4. The lowest BCUT2D eigenvalue weighted by Gasteiger charge is -2.36. The maximum atomic E-state index is 13.2. The summed E-state index contributed by atoms with van der Waals surface area (Å²) in [5, 5.41) is 2.98. The second-order valence-electron chi connectivity index (χ2n) is 5.87. The van der Waals surface area contributed by atoms with Crippen molar-refractivity contribution in [3.05, 3.63) is 53.9 Å². The van der Waals surface area contributed by atoms with Crippen molar-refractivity contribution in [1.82, 2.24) is 15.3 Å². The number of amides is 1. The van der Waals surface area contributed by atoms with Gasteiger partial charge in [0.1, 0.15) is 11.6 Å². The Labute approximate surface area is 129 Å². The second kappa shape index (κ2) is 6.30. The van der Waals surface area contributed by atoms with Crippen molar-refractivity contribution in [2.24, 2.45) is 0 Å². The summed E-state index contributed by atoms with van der Waals surface area (Å²) in [6.45, 7) is 0.384. The number of imidazole rings is 1. The number of halogens is 1. The minimum absolute atomic E-state index is 0.00945. The van der Waals surface area contributed by atoms with Crippen LogP contribution in [0.2, 0.25) is 0 Å². The molecule has 1 aromatic heterocycles.